The summed E-state index contributed by atoms with van der Waals surface area (Å²) < 4.78 is 5.54. The Kier molecular flexibility index (Phi) is 26.4. The number of aliphatic hydroxyl groups is 1. The third kappa shape index (κ3) is 18.4. The first-order chi connectivity index (χ1) is 37.4. The molecule has 3 rings (SSSR count). The largest absolute Gasteiger partial charge is 0.496 e. The van der Waals surface area contributed by atoms with E-state index in [1.54, 1.807) is 23.1 Å². The van der Waals surface area contributed by atoms with Gasteiger partial charge in [0.25, 0.3) is 5.91 Å². The molecule has 5 N–H and O–H groups in total. The van der Waals surface area contributed by atoms with Crippen LogP contribution in [0.3, 0.4) is 0 Å². The number of ether oxygens (including phenoxy) is 1. The fraction of sp³-hybridized carbons (Fsp3) is 0.724. The molecule has 10 amide bonds. The first-order valence-electron chi connectivity index (χ1n) is 28.5. The van der Waals surface area contributed by atoms with Gasteiger partial charge < -0.3 is 60.5 Å². The normalized spacial score (nSPS) is 25.0. The molecule has 1 aromatic rings. The van der Waals surface area contributed by atoms with Crippen LogP contribution in [0, 0.1) is 23.7 Å². The van der Waals surface area contributed by atoms with Gasteiger partial charge in [-0.05, 0) is 113 Å². The van der Waals surface area contributed by atoms with E-state index in [1.807, 2.05) is 55.4 Å². The maximum atomic E-state index is 15.2. The number of likely N-dealkylation sites (N-methyl/N-ethyl adjacent to an activating group) is 5. The van der Waals surface area contributed by atoms with Crippen molar-refractivity contribution < 1.29 is 57.8 Å². The van der Waals surface area contributed by atoms with Crippen molar-refractivity contribution in [2.75, 3.05) is 62.5 Å². The number of likely N-dealkylation sites (tertiary alicyclic amines) is 1. The quantitative estimate of drug-likeness (QED) is 0.170. The first kappa shape index (κ1) is 68.0. The molecule has 22 nitrogen and oxygen atoms in total. The predicted molar refractivity (Wildman–Crippen MR) is 304 cm³/mol. The lowest BCUT2D eigenvalue weighted by atomic mass is 9.96. The standard InChI is InChI=1S/C58H96N10O12/c1-33(2)27-43-52(73)61-42(56(77)68-25-19-18-20-26-68)32-48(70)63(12)37(9)54(75)67(16)46(30-36(7)8)57(78)65(14)45(29-35(5)6)53(74)62-49(38(10)69)58(79)66(15)44(28-34(3)4)51(72)60-41(55(76)64(43)13)24-22-39-21-23-40(50(71)59-11)47(31-39)80-17/h21,23,31,33-38,41-46,49,69H,18-20,22,24-30,32H2,1-17H3,(H,59,71)(H,60,72)(H,61,73)(H,62,74)/t37-,38-,41+,42+,43+,44+,45+,46+,49+/m1/s1. The summed E-state index contributed by atoms with van der Waals surface area (Å²) in [7, 11) is 9.98. The van der Waals surface area contributed by atoms with Gasteiger partial charge >= 0.3 is 0 Å². The fourth-order valence-corrected chi connectivity index (χ4v) is 10.3. The number of aliphatic hydroxyl groups excluding tert-OH is 1. The highest BCUT2D eigenvalue weighted by Crippen LogP contribution is 2.25. The summed E-state index contributed by atoms with van der Waals surface area (Å²) in [4.78, 5) is 153. The van der Waals surface area contributed by atoms with Crippen LogP contribution in [0.15, 0.2) is 18.2 Å². The van der Waals surface area contributed by atoms with E-state index in [-0.39, 0.29) is 79.4 Å². The Morgan fingerprint density at radius 3 is 1.57 bits per heavy atom. The van der Waals surface area contributed by atoms with Gasteiger partial charge in [0.15, 0.2) is 0 Å². The molecule has 2 heterocycles. The zero-order valence-corrected chi connectivity index (χ0v) is 50.8. The maximum absolute atomic E-state index is 15.2. The predicted octanol–water partition coefficient (Wildman–Crippen LogP) is 2.58. The SMILES string of the molecule is CNC(=O)c1ccc(CC[C@@H]2NC(=O)[C@H](CC(C)C)N(C)C(=O)[C@H]([C@@H](C)O)NC(=O)[C@H](CC(C)C)N(C)C(=O)[C@H](CC(C)C)N(C)C(=O)[C@@H](C)N(C)C(=O)C[C@@H](C(=O)N3CCCCC3)NC(=O)[C@H](CC(C)C)N(C)C2=O)cc1OC. The van der Waals surface area contributed by atoms with Crippen molar-refractivity contribution in [3.05, 3.63) is 29.3 Å². The van der Waals surface area contributed by atoms with Crippen LogP contribution in [0.25, 0.3) is 0 Å². The highest BCUT2D eigenvalue weighted by Gasteiger charge is 2.43. The molecule has 450 valence electrons. The Morgan fingerprint density at radius 2 is 1.09 bits per heavy atom. The molecule has 0 aliphatic carbocycles. The van der Waals surface area contributed by atoms with E-state index < -0.39 is 114 Å². The summed E-state index contributed by atoms with van der Waals surface area (Å²) in [6, 6.07) is -5.54. The molecule has 0 unspecified atom stereocenters. The highest BCUT2D eigenvalue weighted by atomic mass is 16.5. The summed E-state index contributed by atoms with van der Waals surface area (Å²) in [5, 5.41) is 22.3. The Balaban J connectivity index is 2.36. The van der Waals surface area contributed by atoms with E-state index >= 15 is 4.79 Å². The molecule has 1 aromatic carbocycles. The van der Waals surface area contributed by atoms with Crippen LogP contribution in [0.2, 0.25) is 0 Å². The van der Waals surface area contributed by atoms with Crippen LogP contribution in [-0.4, -0.2) is 211 Å². The summed E-state index contributed by atoms with van der Waals surface area (Å²) >= 11 is 0. The smallest absolute Gasteiger partial charge is 0.254 e. The molecule has 80 heavy (non-hydrogen) atoms. The average Bonchev–Trinajstić information content (AvgIpc) is 3.41. The third-order valence-corrected chi connectivity index (χ3v) is 15.3. The second-order valence-corrected chi connectivity index (χ2v) is 23.7. The van der Waals surface area contributed by atoms with Crippen LogP contribution in [0.1, 0.15) is 143 Å². The monoisotopic (exact) mass is 1120 g/mol. The van der Waals surface area contributed by atoms with Gasteiger partial charge in [0.05, 0.1) is 25.2 Å². The van der Waals surface area contributed by atoms with Gasteiger partial charge in [0.2, 0.25) is 53.2 Å². The molecule has 22 heteroatoms. The molecule has 2 aliphatic rings. The number of hydrogen-bond acceptors (Lipinski definition) is 12. The number of rotatable bonds is 15. The summed E-state index contributed by atoms with van der Waals surface area (Å²) in [6.45, 7) is 18.4. The molecule has 0 bridgehead atoms. The van der Waals surface area contributed by atoms with Crippen molar-refractivity contribution in [3.8, 4) is 5.75 Å². The lowest BCUT2D eigenvalue weighted by Gasteiger charge is -2.38. The number of methoxy groups -OCH3 is 1. The number of carbonyl (C=O) groups is 10. The number of piperidine rings is 1. The van der Waals surface area contributed by atoms with Gasteiger partial charge in [-0.2, -0.15) is 0 Å². The van der Waals surface area contributed by atoms with E-state index in [0.717, 1.165) is 11.3 Å². The number of benzene rings is 1. The maximum Gasteiger partial charge on any atom is 0.254 e. The van der Waals surface area contributed by atoms with Crippen LogP contribution in [-0.2, 0) is 49.6 Å². The molecular weight excluding hydrogens is 1030 g/mol. The zero-order valence-electron chi connectivity index (χ0n) is 50.8. The number of hydrogen-bond donors (Lipinski definition) is 5. The number of nitrogens with zero attached hydrogens (tertiary/aromatic N) is 6. The minimum absolute atomic E-state index is 0.0592. The molecule has 2 saturated heterocycles. The minimum Gasteiger partial charge on any atom is -0.496 e. The Bertz CT molecular complexity index is 2340. The topological polar surface area (TPSA) is 268 Å². The Hall–Kier alpha value is -6.32. The fourth-order valence-electron chi connectivity index (χ4n) is 10.3. The van der Waals surface area contributed by atoms with Crippen LogP contribution in [0.4, 0.5) is 0 Å². The third-order valence-electron chi connectivity index (χ3n) is 15.3. The lowest BCUT2D eigenvalue weighted by molar-refractivity contribution is -0.153. The van der Waals surface area contributed by atoms with Gasteiger partial charge in [-0.1, -0.05) is 61.5 Å². The van der Waals surface area contributed by atoms with Gasteiger partial charge in [0, 0.05) is 55.4 Å². The van der Waals surface area contributed by atoms with Crippen molar-refractivity contribution in [3.63, 3.8) is 0 Å². The molecule has 0 spiro atoms. The van der Waals surface area contributed by atoms with Crippen LogP contribution < -0.4 is 26.0 Å². The number of amides is 10. The van der Waals surface area contributed by atoms with Crippen molar-refractivity contribution in [2.24, 2.45) is 23.7 Å². The molecule has 0 radical (unpaired) electrons. The van der Waals surface area contributed by atoms with Gasteiger partial charge in [-0.15, -0.1) is 0 Å². The average molecular weight is 1130 g/mol. The molecule has 2 aliphatic heterocycles. The van der Waals surface area contributed by atoms with Crippen LogP contribution in [0.5, 0.6) is 5.75 Å². The van der Waals surface area contributed by atoms with E-state index in [0.29, 0.717) is 31.5 Å². The van der Waals surface area contributed by atoms with Gasteiger partial charge in [-0.3, -0.25) is 47.9 Å². The van der Waals surface area contributed by atoms with Crippen molar-refractivity contribution in [1.82, 2.24) is 50.7 Å². The second-order valence-electron chi connectivity index (χ2n) is 23.7. The molecular formula is C58H96N10O12. The number of carbonyl (C=O) groups excluding carboxylic acids is 10. The molecule has 0 saturated carbocycles. The first-order valence-corrected chi connectivity index (χ1v) is 28.5. The zero-order chi connectivity index (χ0) is 60.6. The minimum atomic E-state index is -1.62. The number of aryl methyl sites for hydroxylation is 1. The Labute approximate surface area is 475 Å². The Morgan fingerprint density at radius 1 is 0.625 bits per heavy atom. The van der Waals surface area contributed by atoms with E-state index in [1.165, 1.54) is 82.8 Å². The van der Waals surface area contributed by atoms with Crippen molar-refractivity contribution in [2.45, 2.75) is 188 Å². The van der Waals surface area contributed by atoms with Crippen molar-refractivity contribution in [1.29, 1.82) is 0 Å². The van der Waals surface area contributed by atoms with Gasteiger partial charge in [0.1, 0.15) is 54.1 Å². The summed E-state index contributed by atoms with van der Waals surface area (Å²) in [5.74, 6) is -6.99. The molecule has 2 fully saturated rings. The lowest BCUT2D eigenvalue weighted by Crippen LogP contribution is -2.62. The summed E-state index contributed by atoms with van der Waals surface area (Å²) in [6.07, 6.45) is 0.769. The van der Waals surface area contributed by atoms with E-state index in [9.17, 15) is 48.3 Å². The van der Waals surface area contributed by atoms with Crippen LogP contribution >= 0.6 is 0 Å². The van der Waals surface area contributed by atoms with Crippen molar-refractivity contribution >= 4 is 59.1 Å². The number of nitrogens with one attached hydrogen (secondary N) is 4. The van der Waals surface area contributed by atoms with Gasteiger partial charge in [-0.25, -0.2) is 0 Å². The second kappa shape index (κ2) is 31.0. The molecule has 0 aromatic heterocycles. The van der Waals surface area contributed by atoms with E-state index in [4.69, 9.17) is 4.74 Å². The summed E-state index contributed by atoms with van der Waals surface area (Å²) in [5.41, 5.74) is 0.899. The molecule has 9 atom stereocenters. The van der Waals surface area contributed by atoms with E-state index in [2.05, 4.69) is 21.3 Å². The highest BCUT2D eigenvalue weighted by molar-refractivity contribution is 6.00.